The number of nitrogens with one attached hydrogen (secondary N) is 1. The minimum atomic E-state index is -0.837. The van der Waals surface area contributed by atoms with Crippen LogP contribution in [0.25, 0.3) is 0 Å². The first-order valence-electron chi connectivity index (χ1n) is 7.12. The number of aliphatic hydroxyl groups excluding tert-OH is 1. The van der Waals surface area contributed by atoms with Crippen molar-refractivity contribution in [1.29, 1.82) is 0 Å². The Hall–Kier alpha value is -2.46. The SMILES string of the molecule is Cc1ccc(C(=O)C(=O)NCC(O)c2ccccc2C)cc1. The molecule has 114 valence electrons. The molecule has 2 rings (SSSR count). The molecule has 0 heterocycles. The molecule has 0 radical (unpaired) electrons. The van der Waals surface area contributed by atoms with Crippen LogP contribution in [0.5, 0.6) is 0 Å². The van der Waals surface area contributed by atoms with E-state index in [2.05, 4.69) is 5.32 Å². The molecule has 0 aromatic heterocycles. The summed E-state index contributed by atoms with van der Waals surface area (Å²) in [6.07, 6.45) is -0.837. The van der Waals surface area contributed by atoms with Gasteiger partial charge < -0.3 is 10.4 Å². The number of ketones is 1. The van der Waals surface area contributed by atoms with E-state index in [1.54, 1.807) is 30.3 Å². The molecular formula is C18H19NO3. The van der Waals surface area contributed by atoms with Gasteiger partial charge in [-0.3, -0.25) is 9.59 Å². The van der Waals surface area contributed by atoms with Crippen LogP contribution < -0.4 is 5.32 Å². The first kappa shape index (κ1) is 15.9. The van der Waals surface area contributed by atoms with Gasteiger partial charge in [-0.15, -0.1) is 0 Å². The van der Waals surface area contributed by atoms with E-state index in [9.17, 15) is 14.7 Å². The largest absolute Gasteiger partial charge is 0.387 e. The highest BCUT2D eigenvalue weighted by molar-refractivity contribution is 6.42. The van der Waals surface area contributed by atoms with E-state index in [-0.39, 0.29) is 6.54 Å². The zero-order chi connectivity index (χ0) is 16.1. The van der Waals surface area contributed by atoms with Gasteiger partial charge in [0.15, 0.2) is 0 Å². The van der Waals surface area contributed by atoms with Crippen LogP contribution in [-0.4, -0.2) is 23.3 Å². The van der Waals surface area contributed by atoms with Gasteiger partial charge in [-0.2, -0.15) is 0 Å². The molecule has 1 atom stereocenters. The van der Waals surface area contributed by atoms with Crippen LogP contribution in [0, 0.1) is 13.8 Å². The number of amides is 1. The summed E-state index contributed by atoms with van der Waals surface area (Å²) in [4.78, 5) is 23.9. The third-order valence-corrected chi connectivity index (χ3v) is 3.52. The number of carbonyl (C=O) groups is 2. The molecule has 0 fully saturated rings. The van der Waals surface area contributed by atoms with Gasteiger partial charge in [0.2, 0.25) is 5.78 Å². The molecule has 22 heavy (non-hydrogen) atoms. The quantitative estimate of drug-likeness (QED) is 0.657. The third-order valence-electron chi connectivity index (χ3n) is 3.52. The fraction of sp³-hybridized carbons (Fsp3) is 0.222. The second-order valence-electron chi connectivity index (χ2n) is 5.28. The Morgan fingerprint density at radius 2 is 1.68 bits per heavy atom. The van der Waals surface area contributed by atoms with Crippen molar-refractivity contribution in [3.8, 4) is 0 Å². The van der Waals surface area contributed by atoms with Crippen LogP contribution >= 0.6 is 0 Å². The van der Waals surface area contributed by atoms with E-state index in [1.165, 1.54) is 0 Å². The summed E-state index contributed by atoms with van der Waals surface area (Å²) in [6, 6.07) is 14.2. The molecule has 2 aromatic carbocycles. The van der Waals surface area contributed by atoms with Crippen molar-refractivity contribution < 1.29 is 14.7 Å². The number of hydrogen-bond acceptors (Lipinski definition) is 3. The van der Waals surface area contributed by atoms with Crippen molar-refractivity contribution in [2.24, 2.45) is 0 Å². The normalized spacial score (nSPS) is 11.8. The summed E-state index contributed by atoms with van der Waals surface area (Å²) in [5.41, 5.74) is 3.04. The number of carbonyl (C=O) groups excluding carboxylic acids is 2. The van der Waals surface area contributed by atoms with Gasteiger partial charge in [-0.25, -0.2) is 0 Å². The summed E-state index contributed by atoms with van der Waals surface area (Å²) >= 11 is 0. The Kier molecular flexibility index (Phi) is 5.07. The molecule has 0 bridgehead atoms. The molecule has 2 aromatic rings. The van der Waals surface area contributed by atoms with Crippen molar-refractivity contribution >= 4 is 11.7 Å². The van der Waals surface area contributed by atoms with Gasteiger partial charge in [0, 0.05) is 12.1 Å². The molecule has 0 saturated carbocycles. The van der Waals surface area contributed by atoms with Crippen LogP contribution in [0.3, 0.4) is 0 Å². The maximum Gasteiger partial charge on any atom is 0.292 e. The fourth-order valence-electron chi connectivity index (χ4n) is 2.18. The maximum atomic E-state index is 12.0. The van der Waals surface area contributed by atoms with Crippen LogP contribution in [0.15, 0.2) is 48.5 Å². The van der Waals surface area contributed by atoms with E-state index < -0.39 is 17.8 Å². The number of benzene rings is 2. The average Bonchev–Trinajstić information content (AvgIpc) is 2.52. The Morgan fingerprint density at radius 3 is 2.32 bits per heavy atom. The van der Waals surface area contributed by atoms with Gasteiger partial charge in [0.1, 0.15) is 0 Å². The molecule has 1 unspecified atom stereocenters. The van der Waals surface area contributed by atoms with E-state index in [1.807, 2.05) is 32.0 Å². The topological polar surface area (TPSA) is 66.4 Å². The minimum Gasteiger partial charge on any atom is -0.387 e. The van der Waals surface area contributed by atoms with Gasteiger partial charge >= 0.3 is 0 Å². The first-order chi connectivity index (χ1) is 10.5. The zero-order valence-corrected chi connectivity index (χ0v) is 12.7. The highest BCUT2D eigenvalue weighted by Crippen LogP contribution is 2.16. The molecular weight excluding hydrogens is 278 g/mol. The molecule has 0 saturated heterocycles. The van der Waals surface area contributed by atoms with Gasteiger partial charge in [0.25, 0.3) is 5.91 Å². The number of hydrogen-bond donors (Lipinski definition) is 2. The van der Waals surface area contributed by atoms with E-state index in [0.717, 1.165) is 16.7 Å². The standard InChI is InChI=1S/C18H19NO3/c1-12-7-9-14(10-8-12)17(21)18(22)19-11-16(20)15-6-4-3-5-13(15)2/h3-10,16,20H,11H2,1-2H3,(H,19,22). The van der Waals surface area contributed by atoms with Crippen molar-refractivity contribution in [3.63, 3.8) is 0 Å². The van der Waals surface area contributed by atoms with Crippen molar-refractivity contribution in [1.82, 2.24) is 5.32 Å². The number of rotatable bonds is 5. The van der Waals surface area contributed by atoms with Gasteiger partial charge in [0.05, 0.1) is 6.10 Å². The van der Waals surface area contributed by atoms with E-state index in [0.29, 0.717) is 5.56 Å². The highest BCUT2D eigenvalue weighted by atomic mass is 16.3. The molecule has 0 spiro atoms. The van der Waals surface area contributed by atoms with Crippen LogP contribution in [-0.2, 0) is 4.79 Å². The Bertz CT molecular complexity index is 677. The minimum absolute atomic E-state index is 0.00128. The molecule has 4 nitrogen and oxygen atoms in total. The predicted molar refractivity (Wildman–Crippen MR) is 84.7 cm³/mol. The smallest absolute Gasteiger partial charge is 0.292 e. The van der Waals surface area contributed by atoms with Gasteiger partial charge in [-0.1, -0.05) is 54.1 Å². The lowest BCUT2D eigenvalue weighted by Gasteiger charge is -2.14. The molecule has 0 aliphatic heterocycles. The summed E-state index contributed by atoms with van der Waals surface area (Å²) in [5, 5.41) is 12.6. The molecule has 0 aliphatic rings. The number of aliphatic hydroxyl groups is 1. The summed E-state index contributed by atoms with van der Waals surface area (Å²) < 4.78 is 0. The van der Waals surface area contributed by atoms with Crippen molar-refractivity contribution in [3.05, 3.63) is 70.8 Å². The Balaban J connectivity index is 1.96. The predicted octanol–water partition coefficient (Wildman–Crippen LogP) is 2.34. The lowest BCUT2D eigenvalue weighted by Crippen LogP contribution is -2.34. The second-order valence-corrected chi connectivity index (χ2v) is 5.28. The molecule has 1 amide bonds. The van der Waals surface area contributed by atoms with Crippen LogP contribution in [0.4, 0.5) is 0 Å². The van der Waals surface area contributed by atoms with Crippen molar-refractivity contribution in [2.75, 3.05) is 6.54 Å². The summed E-state index contributed by atoms with van der Waals surface area (Å²) in [5.74, 6) is -1.31. The van der Waals surface area contributed by atoms with Crippen molar-refractivity contribution in [2.45, 2.75) is 20.0 Å². The van der Waals surface area contributed by atoms with E-state index in [4.69, 9.17) is 0 Å². The number of Topliss-reactive ketones (excluding diaryl/α,β-unsaturated/α-hetero) is 1. The monoisotopic (exact) mass is 297 g/mol. The lowest BCUT2D eigenvalue weighted by atomic mass is 10.0. The summed E-state index contributed by atoms with van der Waals surface area (Å²) in [6.45, 7) is 3.80. The first-order valence-corrected chi connectivity index (χ1v) is 7.12. The summed E-state index contributed by atoms with van der Waals surface area (Å²) in [7, 11) is 0. The van der Waals surface area contributed by atoms with Crippen LogP contribution in [0.2, 0.25) is 0 Å². The second kappa shape index (κ2) is 7.00. The average molecular weight is 297 g/mol. The molecule has 0 aliphatic carbocycles. The van der Waals surface area contributed by atoms with Gasteiger partial charge in [-0.05, 0) is 25.0 Å². The zero-order valence-electron chi connectivity index (χ0n) is 12.7. The van der Waals surface area contributed by atoms with Crippen LogP contribution in [0.1, 0.15) is 33.2 Å². The molecule has 4 heteroatoms. The third kappa shape index (κ3) is 3.80. The highest BCUT2D eigenvalue weighted by Gasteiger charge is 2.18. The lowest BCUT2D eigenvalue weighted by molar-refractivity contribution is -0.117. The number of aryl methyl sites for hydroxylation is 2. The maximum absolute atomic E-state index is 12.0. The Labute approximate surface area is 129 Å². The Morgan fingerprint density at radius 1 is 1.05 bits per heavy atom. The van der Waals surface area contributed by atoms with E-state index >= 15 is 0 Å². The molecule has 2 N–H and O–H groups in total. The fourth-order valence-corrected chi connectivity index (χ4v) is 2.18.